The molecule has 1 aliphatic heterocycles. The lowest BCUT2D eigenvalue weighted by Gasteiger charge is -2.19. The van der Waals surface area contributed by atoms with Gasteiger partial charge in [-0.15, -0.1) is 0 Å². The largest absolute Gasteiger partial charge is 0.454 e. The van der Waals surface area contributed by atoms with Crippen molar-refractivity contribution in [2.24, 2.45) is 11.8 Å². The standard InChI is InChI=1S/C15H22N2O6/c1-22-7-6-16-12(18)9-23-13(19)8-17-14(20)10-4-2-3-5-11(10)15(17)21/h10-11H,2-9H2,1H3,(H,16,18)/t10-,11-/m1/s1. The van der Waals surface area contributed by atoms with Gasteiger partial charge in [0.1, 0.15) is 6.54 Å². The van der Waals surface area contributed by atoms with Gasteiger partial charge >= 0.3 is 5.97 Å². The van der Waals surface area contributed by atoms with Crippen molar-refractivity contribution in [3.05, 3.63) is 0 Å². The number of fused-ring (bicyclic) bond motifs is 1. The van der Waals surface area contributed by atoms with Crippen molar-refractivity contribution in [3.8, 4) is 0 Å². The molecule has 2 rings (SSSR count). The van der Waals surface area contributed by atoms with E-state index in [2.05, 4.69) is 5.32 Å². The highest BCUT2D eigenvalue weighted by molar-refractivity contribution is 6.07. The van der Waals surface area contributed by atoms with Gasteiger partial charge in [-0.05, 0) is 12.8 Å². The molecule has 0 aromatic rings. The third-order valence-corrected chi connectivity index (χ3v) is 4.21. The molecule has 3 amide bonds. The molecule has 0 aromatic carbocycles. The van der Waals surface area contributed by atoms with Crippen molar-refractivity contribution in [2.45, 2.75) is 25.7 Å². The molecule has 128 valence electrons. The Labute approximate surface area is 134 Å². The number of amides is 3. The van der Waals surface area contributed by atoms with Crippen LogP contribution in [0.15, 0.2) is 0 Å². The average molecular weight is 326 g/mol. The van der Waals surface area contributed by atoms with Crippen LogP contribution in [0.2, 0.25) is 0 Å². The Morgan fingerprint density at radius 3 is 2.35 bits per heavy atom. The summed E-state index contributed by atoms with van der Waals surface area (Å²) < 4.78 is 9.58. The van der Waals surface area contributed by atoms with E-state index in [1.165, 1.54) is 7.11 Å². The van der Waals surface area contributed by atoms with Crippen LogP contribution < -0.4 is 5.32 Å². The second-order valence-corrected chi connectivity index (χ2v) is 5.76. The minimum Gasteiger partial charge on any atom is -0.454 e. The number of hydrogen-bond acceptors (Lipinski definition) is 6. The Kier molecular flexibility index (Phi) is 6.09. The van der Waals surface area contributed by atoms with Crippen molar-refractivity contribution < 1.29 is 28.7 Å². The first-order chi connectivity index (χ1) is 11.0. The van der Waals surface area contributed by atoms with E-state index in [1.54, 1.807) is 0 Å². The van der Waals surface area contributed by atoms with Crippen LogP contribution in [0.3, 0.4) is 0 Å². The summed E-state index contributed by atoms with van der Waals surface area (Å²) in [4.78, 5) is 48.5. The monoisotopic (exact) mass is 326 g/mol. The summed E-state index contributed by atoms with van der Waals surface area (Å²) in [5, 5.41) is 2.50. The van der Waals surface area contributed by atoms with Crippen molar-refractivity contribution in [3.63, 3.8) is 0 Å². The molecule has 1 saturated carbocycles. The second kappa shape index (κ2) is 8.05. The van der Waals surface area contributed by atoms with Gasteiger partial charge in [0.25, 0.3) is 5.91 Å². The third-order valence-electron chi connectivity index (χ3n) is 4.21. The number of nitrogens with zero attached hydrogens (tertiary/aromatic N) is 1. The zero-order valence-electron chi connectivity index (χ0n) is 13.2. The van der Waals surface area contributed by atoms with E-state index in [9.17, 15) is 19.2 Å². The van der Waals surface area contributed by atoms with E-state index in [4.69, 9.17) is 9.47 Å². The summed E-state index contributed by atoms with van der Waals surface area (Å²) in [5.41, 5.74) is 0. The Bertz CT molecular complexity index is 468. The summed E-state index contributed by atoms with van der Waals surface area (Å²) >= 11 is 0. The van der Waals surface area contributed by atoms with Gasteiger partial charge in [-0.2, -0.15) is 0 Å². The highest BCUT2D eigenvalue weighted by Gasteiger charge is 2.48. The second-order valence-electron chi connectivity index (χ2n) is 5.76. The summed E-state index contributed by atoms with van der Waals surface area (Å²) in [6.45, 7) is -0.180. The molecule has 0 spiro atoms. The number of esters is 1. The lowest BCUT2D eigenvalue weighted by atomic mass is 9.81. The maximum absolute atomic E-state index is 12.2. The minimum absolute atomic E-state index is 0.290. The molecule has 0 radical (unpaired) electrons. The molecule has 2 atom stereocenters. The Morgan fingerprint density at radius 2 is 1.78 bits per heavy atom. The van der Waals surface area contributed by atoms with Crippen LogP contribution in [-0.4, -0.2) is 62.0 Å². The highest BCUT2D eigenvalue weighted by atomic mass is 16.5. The number of nitrogens with one attached hydrogen (secondary N) is 1. The predicted octanol–water partition coefficient (Wildman–Crippen LogP) is -0.533. The van der Waals surface area contributed by atoms with Gasteiger partial charge in [-0.3, -0.25) is 24.1 Å². The van der Waals surface area contributed by atoms with Crippen LogP contribution in [0.5, 0.6) is 0 Å². The van der Waals surface area contributed by atoms with E-state index in [1.807, 2.05) is 0 Å². The Morgan fingerprint density at radius 1 is 1.17 bits per heavy atom. The van der Waals surface area contributed by atoms with Gasteiger partial charge in [-0.25, -0.2) is 0 Å². The molecular formula is C15H22N2O6. The predicted molar refractivity (Wildman–Crippen MR) is 78.0 cm³/mol. The zero-order chi connectivity index (χ0) is 16.8. The normalized spacial score (nSPS) is 23.6. The summed E-state index contributed by atoms with van der Waals surface area (Å²) in [6.07, 6.45) is 3.26. The highest BCUT2D eigenvalue weighted by Crippen LogP contribution is 2.37. The van der Waals surface area contributed by atoms with Gasteiger partial charge in [0.05, 0.1) is 18.4 Å². The number of carbonyl (C=O) groups is 4. The van der Waals surface area contributed by atoms with Crippen LogP contribution in [-0.2, 0) is 28.7 Å². The molecule has 1 aliphatic carbocycles. The molecule has 8 nitrogen and oxygen atoms in total. The molecule has 2 fully saturated rings. The lowest BCUT2D eigenvalue weighted by Crippen LogP contribution is -2.38. The number of ether oxygens (including phenoxy) is 2. The van der Waals surface area contributed by atoms with E-state index in [0.29, 0.717) is 26.0 Å². The van der Waals surface area contributed by atoms with E-state index >= 15 is 0 Å². The minimum atomic E-state index is -0.757. The zero-order valence-corrected chi connectivity index (χ0v) is 13.2. The molecule has 1 heterocycles. The van der Waals surface area contributed by atoms with Crippen LogP contribution in [0.1, 0.15) is 25.7 Å². The summed E-state index contributed by atoms with van der Waals surface area (Å²) in [5.74, 6) is -2.37. The number of imide groups is 1. The van der Waals surface area contributed by atoms with Crippen molar-refractivity contribution in [1.29, 1.82) is 0 Å². The molecule has 8 heteroatoms. The Hall–Kier alpha value is -1.96. The summed E-state index contributed by atoms with van der Waals surface area (Å²) in [7, 11) is 1.51. The van der Waals surface area contributed by atoms with Gasteiger partial charge in [-0.1, -0.05) is 12.8 Å². The number of hydrogen-bond donors (Lipinski definition) is 1. The van der Waals surface area contributed by atoms with Gasteiger partial charge in [0.2, 0.25) is 11.8 Å². The molecule has 0 aromatic heterocycles. The van der Waals surface area contributed by atoms with Gasteiger partial charge < -0.3 is 14.8 Å². The maximum atomic E-state index is 12.2. The first-order valence-corrected chi connectivity index (χ1v) is 7.81. The van der Waals surface area contributed by atoms with Crippen molar-refractivity contribution >= 4 is 23.7 Å². The van der Waals surface area contributed by atoms with E-state index in [0.717, 1.165) is 17.7 Å². The fraction of sp³-hybridized carbons (Fsp3) is 0.733. The molecule has 23 heavy (non-hydrogen) atoms. The smallest absolute Gasteiger partial charge is 0.326 e. The van der Waals surface area contributed by atoms with Gasteiger partial charge in [0.15, 0.2) is 6.61 Å². The van der Waals surface area contributed by atoms with E-state index in [-0.39, 0.29) is 23.7 Å². The molecular weight excluding hydrogens is 304 g/mol. The quantitative estimate of drug-likeness (QED) is 0.383. The lowest BCUT2D eigenvalue weighted by molar-refractivity contribution is -0.154. The van der Waals surface area contributed by atoms with Crippen LogP contribution in [0.25, 0.3) is 0 Å². The number of carbonyl (C=O) groups excluding carboxylic acids is 4. The number of methoxy groups -OCH3 is 1. The molecule has 1 N–H and O–H groups in total. The Balaban J connectivity index is 1.77. The maximum Gasteiger partial charge on any atom is 0.326 e. The first kappa shape index (κ1) is 17.4. The summed E-state index contributed by atoms with van der Waals surface area (Å²) in [6, 6.07) is 0. The molecule has 2 aliphatic rings. The SMILES string of the molecule is COCCNC(=O)COC(=O)CN1C(=O)[C@@H]2CCCC[C@H]2C1=O. The molecule has 0 bridgehead atoms. The van der Waals surface area contributed by atoms with Crippen LogP contribution in [0, 0.1) is 11.8 Å². The number of likely N-dealkylation sites (tertiary alicyclic amines) is 1. The molecule has 1 saturated heterocycles. The van der Waals surface area contributed by atoms with Gasteiger partial charge in [0, 0.05) is 13.7 Å². The van der Waals surface area contributed by atoms with Crippen LogP contribution >= 0.6 is 0 Å². The first-order valence-electron chi connectivity index (χ1n) is 7.81. The fourth-order valence-corrected chi connectivity index (χ4v) is 3.05. The van der Waals surface area contributed by atoms with E-state index < -0.39 is 25.0 Å². The topological polar surface area (TPSA) is 102 Å². The fourth-order valence-electron chi connectivity index (χ4n) is 3.05. The van der Waals surface area contributed by atoms with Crippen molar-refractivity contribution in [1.82, 2.24) is 10.2 Å². The number of rotatable bonds is 7. The third kappa shape index (κ3) is 4.28. The van der Waals surface area contributed by atoms with Crippen molar-refractivity contribution in [2.75, 3.05) is 33.4 Å². The van der Waals surface area contributed by atoms with Crippen LogP contribution in [0.4, 0.5) is 0 Å². The molecule has 0 unspecified atom stereocenters. The average Bonchev–Trinajstić information content (AvgIpc) is 2.79.